The van der Waals surface area contributed by atoms with Crippen LogP contribution in [0.2, 0.25) is 0 Å². The van der Waals surface area contributed by atoms with Gasteiger partial charge in [-0.25, -0.2) is 4.39 Å². The van der Waals surface area contributed by atoms with E-state index in [4.69, 9.17) is 0 Å². The highest BCUT2D eigenvalue weighted by Crippen LogP contribution is 2.29. The molecule has 1 aliphatic rings. The lowest BCUT2D eigenvalue weighted by molar-refractivity contribution is -0.384. The second kappa shape index (κ2) is 6.49. The van der Waals surface area contributed by atoms with Crippen molar-refractivity contribution in [1.29, 1.82) is 0 Å². The van der Waals surface area contributed by atoms with E-state index in [1.165, 1.54) is 12.1 Å². The van der Waals surface area contributed by atoms with E-state index in [1.54, 1.807) is 11.9 Å². The van der Waals surface area contributed by atoms with Crippen LogP contribution in [0.15, 0.2) is 18.2 Å². The van der Waals surface area contributed by atoms with Crippen LogP contribution in [0, 0.1) is 15.9 Å². The van der Waals surface area contributed by atoms with Gasteiger partial charge in [0.2, 0.25) is 5.91 Å². The zero-order chi connectivity index (χ0) is 15.4. The van der Waals surface area contributed by atoms with Crippen LogP contribution in [-0.4, -0.2) is 55.5 Å². The van der Waals surface area contributed by atoms with Crippen molar-refractivity contribution >= 4 is 17.3 Å². The van der Waals surface area contributed by atoms with Crippen LogP contribution in [0.25, 0.3) is 0 Å². The van der Waals surface area contributed by atoms with Crippen molar-refractivity contribution in [3.8, 4) is 0 Å². The van der Waals surface area contributed by atoms with Crippen LogP contribution < -0.4 is 10.2 Å². The second-order valence-corrected chi connectivity index (χ2v) is 4.83. The molecule has 0 bridgehead atoms. The number of nitrogens with one attached hydrogen (secondary N) is 1. The summed E-state index contributed by atoms with van der Waals surface area (Å²) in [7, 11) is 1.58. The Labute approximate surface area is 121 Å². The molecular formula is C13H17FN4O3. The molecule has 1 saturated heterocycles. The number of anilines is 1. The van der Waals surface area contributed by atoms with Gasteiger partial charge in [-0.2, -0.15) is 0 Å². The lowest BCUT2D eigenvalue weighted by Gasteiger charge is -2.35. The molecule has 1 aromatic rings. The van der Waals surface area contributed by atoms with E-state index in [0.717, 1.165) is 6.07 Å². The zero-order valence-corrected chi connectivity index (χ0v) is 11.7. The van der Waals surface area contributed by atoms with Gasteiger partial charge in [-0.05, 0) is 6.07 Å². The number of carbonyl (C=O) groups excluding carboxylic acids is 1. The molecule has 8 heteroatoms. The largest absolute Gasteiger partial charge is 0.363 e. The van der Waals surface area contributed by atoms with Crippen molar-refractivity contribution in [2.75, 3.05) is 44.7 Å². The van der Waals surface area contributed by atoms with E-state index in [-0.39, 0.29) is 11.6 Å². The molecule has 2 rings (SSSR count). The molecule has 1 aromatic carbocycles. The number of nitro groups is 1. The minimum Gasteiger partial charge on any atom is -0.363 e. The van der Waals surface area contributed by atoms with Gasteiger partial charge in [0.1, 0.15) is 11.5 Å². The Hall–Kier alpha value is -2.22. The second-order valence-electron chi connectivity index (χ2n) is 4.83. The molecule has 0 radical (unpaired) electrons. The summed E-state index contributed by atoms with van der Waals surface area (Å²) in [4.78, 5) is 25.6. The fourth-order valence-electron chi connectivity index (χ4n) is 2.33. The quantitative estimate of drug-likeness (QED) is 0.650. The van der Waals surface area contributed by atoms with E-state index >= 15 is 0 Å². The maximum Gasteiger partial charge on any atom is 0.292 e. The SMILES string of the molecule is CNC(=O)CN1CCN(c2cc(F)ccc2[N+](=O)[O-])CC1. The molecule has 1 aliphatic heterocycles. The summed E-state index contributed by atoms with van der Waals surface area (Å²) in [5.41, 5.74) is 0.191. The molecule has 0 atom stereocenters. The highest BCUT2D eigenvalue weighted by molar-refractivity contribution is 5.77. The fraction of sp³-hybridized carbons (Fsp3) is 0.462. The van der Waals surface area contributed by atoms with Gasteiger partial charge in [-0.1, -0.05) is 0 Å². The van der Waals surface area contributed by atoms with Gasteiger partial charge >= 0.3 is 0 Å². The summed E-state index contributed by atoms with van der Waals surface area (Å²) >= 11 is 0. The predicted octanol–water partition coefficient (Wildman–Crippen LogP) is 0.602. The number of nitrogens with zero attached hydrogens (tertiary/aromatic N) is 3. The van der Waals surface area contributed by atoms with Crippen molar-refractivity contribution in [2.45, 2.75) is 0 Å². The average Bonchev–Trinajstić information content (AvgIpc) is 2.47. The Morgan fingerprint density at radius 2 is 2.05 bits per heavy atom. The van der Waals surface area contributed by atoms with Gasteiger partial charge < -0.3 is 10.2 Å². The van der Waals surface area contributed by atoms with Crippen molar-refractivity contribution < 1.29 is 14.1 Å². The van der Waals surface area contributed by atoms with Gasteiger partial charge in [-0.3, -0.25) is 19.8 Å². The minimum absolute atomic E-state index is 0.0693. The first kappa shape index (κ1) is 15.2. The number of carbonyl (C=O) groups is 1. The average molecular weight is 296 g/mol. The van der Waals surface area contributed by atoms with Gasteiger partial charge in [0.05, 0.1) is 11.5 Å². The van der Waals surface area contributed by atoms with Gasteiger partial charge in [0.15, 0.2) is 0 Å². The molecule has 0 saturated carbocycles. The normalized spacial score (nSPS) is 15.8. The fourth-order valence-corrected chi connectivity index (χ4v) is 2.33. The van der Waals surface area contributed by atoms with E-state index < -0.39 is 10.7 Å². The van der Waals surface area contributed by atoms with E-state index in [1.807, 2.05) is 4.90 Å². The highest BCUT2D eigenvalue weighted by atomic mass is 19.1. The zero-order valence-electron chi connectivity index (χ0n) is 11.7. The molecule has 0 spiro atoms. The number of likely N-dealkylation sites (N-methyl/N-ethyl adjacent to an activating group) is 1. The molecule has 1 amide bonds. The maximum atomic E-state index is 13.3. The Morgan fingerprint density at radius 3 is 2.62 bits per heavy atom. The Kier molecular flexibility index (Phi) is 4.69. The molecule has 1 heterocycles. The van der Waals surface area contributed by atoms with Crippen LogP contribution in [-0.2, 0) is 4.79 Å². The van der Waals surface area contributed by atoms with Gasteiger partial charge in [0, 0.05) is 45.4 Å². The summed E-state index contributed by atoms with van der Waals surface area (Å²) in [6.45, 7) is 2.53. The number of nitro benzene ring substituents is 1. The Balaban J connectivity index is 2.07. The van der Waals surface area contributed by atoms with Crippen molar-refractivity contribution in [3.05, 3.63) is 34.1 Å². The first-order valence-electron chi connectivity index (χ1n) is 6.63. The monoisotopic (exact) mass is 296 g/mol. The van der Waals surface area contributed by atoms with Crippen LogP contribution >= 0.6 is 0 Å². The predicted molar refractivity (Wildman–Crippen MR) is 75.8 cm³/mol. The first-order valence-corrected chi connectivity index (χ1v) is 6.63. The Bertz CT molecular complexity index is 544. The van der Waals surface area contributed by atoms with Crippen LogP contribution in [0.1, 0.15) is 0 Å². The third-order valence-electron chi connectivity index (χ3n) is 3.49. The Morgan fingerprint density at radius 1 is 1.38 bits per heavy atom. The van der Waals surface area contributed by atoms with Crippen molar-refractivity contribution in [1.82, 2.24) is 10.2 Å². The summed E-state index contributed by atoms with van der Waals surface area (Å²) < 4.78 is 13.3. The summed E-state index contributed by atoms with van der Waals surface area (Å²) in [6.07, 6.45) is 0. The number of piperazine rings is 1. The molecule has 1 N–H and O–H groups in total. The number of rotatable bonds is 4. The molecule has 1 fully saturated rings. The number of hydrogen-bond acceptors (Lipinski definition) is 5. The molecule has 0 aliphatic carbocycles. The first-order chi connectivity index (χ1) is 10.0. The number of amides is 1. The molecule has 0 aromatic heterocycles. The van der Waals surface area contributed by atoms with E-state index in [9.17, 15) is 19.3 Å². The molecule has 21 heavy (non-hydrogen) atoms. The van der Waals surface area contributed by atoms with Crippen molar-refractivity contribution in [3.63, 3.8) is 0 Å². The highest BCUT2D eigenvalue weighted by Gasteiger charge is 2.24. The topological polar surface area (TPSA) is 78.7 Å². The summed E-state index contributed by atoms with van der Waals surface area (Å²) in [5.74, 6) is -0.566. The third kappa shape index (κ3) is 3.66. The third-order valence-corrected chi connectivity index (χ3v) is 3.49. The van der Waals surface area contributed by atoms with Crippen LogP contribution in [0.4, 0.5) is 15.8 Å². The number of hydrogen-bond donors (Lipinski definition) is 1. The van der Waals surface area contributed by atoms with Gasteiger partial charge in [-0.15, -0.1) is 0 Å². The molecule has 0 unspecified atom stereocenters. The molecule has 7 nitrogen and oxygen atoms in total. The van der Waals surface area contributed by atoms with Crippen molar-refractivity contribution in [2.24, 2.45) is 0 Å². The lowest BCUT2D eigenvalue weighted by atomic mass is 10.2. The standard InChI is InChI=1S/C13H17FN4O3/c1-15-13(19)9-16-4-6-17(7-5-16)12-8-10(14)2-3-11(12)18(20)21/h2-3,8H,4-7,9H2,1H3,(H,15,19). The molecule has 114 valence electrons. The summed E-state index contributed by atoms with van der Waals surface area (Å²) in [6, 6.07) is 3.46. The van der Waals surface area contributed by atoms with Gasteiger partial charge in [0.25, 0.3) is 5.69 Å². The maximum absolute atomic E-state index is 13.3. The number of halogens is 1. The molecular weight excluding hydrogens is 279 g/mol. The number of benzene rings is 1. The lowest BCUT2D eigenvalue weighted by Crippen LogP contribution is -2.49. The van der Waals surface area contributed by atoms with Crippen LogP contribution in [0.3, 0.4) is 0 Å². The smallest absolute Gasteiger partial charge is 0.292 e. The minimum atomic E-state index is -0.508. The van der Waals surface area contributed by atoms with E-state index in [2.05, 4.69) is 5.32 Å². The summed E-state index contributed by atoms with van der Waals surface area (Å²) in [5, 5.41) is 13.6. The van der Waals surface area contributed by atoms with E-state index in [0.29, 0.717) is 38.4 Å². The van der Waals surface area contributed by atoms with Crippen LogP contribution in [0.5, 0.6) is 0 Å².